The topological polar surface area (TPSA) is 51.7 Å². The molecule has 0 amide bonds. The average molecular weight is 482 g/mol. The summed E-state index contributed by atoms with van der Waals surface area (Å²) in [6, 6.07) is 5.72. The number of thiazole rings is 1. The molecule has 1 N–H and O–H groups in total. The van der Waals surface area contributed by atoms with Crippen LogP contribution in [0.25, 0.3) is 0 Å². The Labute approximate surface area is 196 Å². The largest absolute Gasteiger partial charge is 0.416 e. The summed E-state index contributed by atoms with van der Waals surface area (Å²) in [5, 5.41) is 6.16. The molecule has 1 atom stereocenters. The van der Waals surface area contributed by atoms with Gasteiger partial charge in [-0.15, -0.1) is 11.3 Å². The van der Waals surface area contributed by atoms with Gasteiger partial charge in [0.05, 0.1) is 5.56 Å². The molecule has 1 aromatic carbocycles. The summed E-state index contributed by atoms with van der Waals surface area (Å²) in [6.07, 6.45) is -0.472. The van der Waals surface area contributed by atoms with E-state index in [0.717, 1.165) is 43.7 Å². The Morgan fingerprint density at radius 3 is 2.42 bits per heavy atom. The number of carbonyl (C=O) groups is 1. The maximum absolute atomic E-state index is 13.3. The minimum absolute atomic E-state index is 0.308. The minimum Gasteiger partial charge on any atom is -0.346 e. The van der Waals surface area contributed by atoms with Crippen LogP contribution in [0.3, 0.4) is 0 Å². The van der Waals surface area contributed by atoms with E-state index in [0.29, 0.717) is 38.0 Å². The number of halogens is 3. The monoisotopic (exact) mass is 481 g/mol. The third-order valence-electron chi connectivity index (χ3n) is 6.95. The van der Waals surface area contributed by atoms with Crippen molar-refractivity contribution in [3.05, 3.63) is 47.0 Å². The van der Waals surface area contributed by atoms with Gasteiger partial charge in [-0.25, -0.2) is 4.98 Å². The summed E-state index contributed by atoms with van der Waals surface area (Å²) in [7, 11) is 1.83. The van der Waals surface area contributed by atoms with Crippen LogP contribution in [0.2, 0.25) is 0 Å². The molecule has 33 heavy (non-hydrogen) atoms. The van der Waals surface area contributed by atoms with Crippen LogP contribution in [0.1, 0.15) is 24.0 Å². The predicted molar refractivity (Wildman–Crippen MR) is 124 cm³/mol. The van der Waals surface area contributed by atoms with Crippen molar-refractivity contribution < 1.29 is 18.0 Å². The first kappa shape index (κ1) is 24.1. The molecule has 10 heteroatoms. The summed E-state index contributed by atoms with van der Waals surface area (Å²) >= 11 is 1.62. The summed E-state index contributed by atoms with van der Waals surface area (Å²) < 4.78 is 39.9. The van der Waals surface area contributed by atoms with Crippen LogP contribution in [0.5, 0.6) is 0 Å². The Balaban J connectivity index is 1.43. The number of aromatic nitrogens is 1. The number of aldehydes is 1. The molecule has 6 nitrogen and oxygen atoms in total. The van der Waals surface area contributed by atoms with Gasteiger partial charge >= 0.3 is 6.18 Å². The Morgan fingerprint density at radius 1 is 1.15 bits per heavy atom. The lowest BCUT2D eigenvalue weighted by Gasteiger charge is -2.47. The van der Waals surface area contributed by atoms with E-state index in [1.165, 1.54) is 12.1 Å². The standard InChI is InChI=1S/C23H30F3N5OS/c1-27-17-22(18-3-2-4-19(15-18)23(24,25)26)5-8-29(9-6-22)20(16-32)30-10-12-31(13-11-30)21-28-7-14-33-21/h2-4,7,14-16,20,27H,5-6,8-13,17H2,1H3. The Kier molecular flexibility index (Phi) is 7.37. The SMILES string of the molecule is CNCC1(c2cccc(C(F)(F)F)c2)CCN(C(C=O)N2CCN(c3nccs3)CC2)CC1. The van der Waals surface area contributed by atoms with Gasteiger partial charge in [0.25, 0.3) is 0 Å². The highest BCUT2D eigenvalue weighted by Gasteiger charge is 2.40. The van der Waals surface area contributed by atoms with Gasteiger partial charge in [0.2, 0.25) is 0 Å². The summed E-state index contributed by atoms with van der Waals surface area (Å²) in [5.41, 5.74) is -0.281. The van der Waals surface area contributed by atoms with Crippen LogP contribution < -0.4 is 10.2 Å². The van der Waals surface area contributed by atoms with E-state index in [4.69, 9.17) is 0 Å². The molecule has 1 aromatic heterocycles. The lowest BCUT2D eigenvalue weighted by molar-refractivity contribution is -0.137. The molecule has 0 aliphatic carbocycles. The second-order valence-corrected chi connectivity index (χ2v) is 9.69. The van der Waals surface area contributed by atoms with E-state index >= 15 is 0 Å². The van der Waals surface area contributed by atoms with Crippen LogP contribution in [0.4, 0.5) is 18.3 Å². The van der Waals surface area contributed by atoms with Crippen LogP contribution >= 0.6 is 11.3 Å². The van der Waals surface area contributed by atoms with Crippen molar-refractivity contribution in [1.29, 1.82) is 0 Å². The number of likely N-dealkylation sites (N-methyl/N-ethyl adjacent to an activating group) is 1. The molecule has 0 spiro atoms. The smallest absolute Gasteiger partial charge is 0.346 e. The fourth-order valence-electron chi connectivity index (χ4n) is 5.10. The van der Waals surface area contributed by atoms with Gasteiger partial charge in [-0.3, -0.25) is 9.80 Å². The fraction of sp³-hybridized carbons (Fsp3) is 0.565. The summed E-state index contributed by atoms with van der Waals surface area (Å²) in [6.45, 7) is 5.10. The van der Waals surface area contributed by atoms with Crippen LogP contribution in [0, 0.1) is 0 Å². The molecular formula is C23H30F3N5OS. The summed E-state index contributed by atoms with van der Waals surface area (Å²) in [4.78, 5) is 23.1. The number of nitrogens with zero attached hydrogens (tertiary/aromatic N) is 4. The molecule has 0 bridgehead atoms. The van der Waals surface area contributed by atoms with Gasteiger partial charge in [-0.1, -0.05) is 18.2 Å². The van der Waals surface area contributed by atoms with Crippen LogP contribution in [-0.2, 0) is 16.4 Å². The predicted octanol–water partition coefficient (Wildman–Crippen LogP) is 3.06. The third-order valence-corrected chi connectivity index (χ3v) is 7.78. The number of piperidine rings is 1. The molecule has 2 saturated heterocycles. The Hall–Kier alpha value is -2.01. The molecule has 180 valence electrons. The first-order valence-corrected chi connectivity index (χ1v) is 12.1. The van der Waals surface area contributed by atoms with Gasteiger partial charge in [-0.2, -0.15) is 13.2 Å². The first-order chi connectivity index (χ1) is 15.9. The highest BCUT2D eigenvalue weighted by Crippen LogP contribution is 2.39. The molecule has 3 heterocycles. The van der Waals surface area contributed by atoms with Crippen molar-refractivity contribution in [1.82, 2.24) is 20.1 Å². The minimum atomic E-state index is -4.36. The quantitative estimate of drug-likeness (QED) is 0.614. The second-order valence-electron chi connectivity index (χ2n) is 8.81. The number of likely N-dealkylation sites (tertiary alicyclic amines) is 1. The van der Waals surface area contributed by atoms with E-state index in [9.17, 15) is 18.0 Å². The lowest BCUT2D eigenvalue weighted by Crippen LogP contribution is -2.59. The van der Waals surface area contributed by atoms with Crippen molar-refractivity contribution in [3.63, 3.8) is 0 Å². The Morgan fingerprint density at radius 2 is 1.85 bits per heavy atom. The van der Waals surface area contributed by atoms with E-state index < -0.39 is 11.7 Å². The lowest BCUT2D eigenvalue weighted by atomic mass is 9.72. The van der Waals surface area contributed by atoms with Gasteiger partial charge in [-0.05, 0) is 31.5 Å². The van der Waals surface area contributed by atoms with Gasteiger partial charge in [0.1, 0.15) is 6.17 Å². The zero-order valence-electron chi connectivity index (χ0n) is 18.7. The maximum Gasteiger partial charge on any atom is 0.416 e. The second kappa shape index (κ2) is 10.1. The zero-order chi connectivity index (χ0) is 23.5. The number of rotatable bonds is 7. The number of nitrogens with one attached hydrogen (secondary N) is 1. The van der Waals surface area contributed by atoms with Gasteiger partial charge < -0.3 is 15.0 Å². The molecule has 4 rings (SSSR count). The number of hydrogen-bond acceptors (Lipinski definition) is 7. The zero-order valence-corrected chi connectivity index (χ0v) is 19.5. The van der Waals surface area contributed by atoms with Crippen molar-refractivity contribution in [2.45, 2.75) is 30.6 Å². The molecule has 1 unspecified atom stereocenters. The van der Waals surface area contributed by atoms with E-state index in [1.807, 2.05) is 12.4 Å². The van der Waals surface area contributed by atoms with Crippen molar-refractivity contribution >= 4 is 22.8 Å². The normalized spacial score (nSPS) is 21.2. The number of hydrogen-bond donors (Lipinski definition) is 1. The van der Waals surface area contributed by atoms with Crippen molar-refractivity contribution in [3.8, 4) is 0 Å². The molecule has 2 aliphatic heterocycles. The summed E-state index contributed by atoms with van der Waals surface area (Å²) in [5.74, 6) is 0. The number of anilines is 1. The highest BCUT2D eigenvalue weighted by molar-refractivity contribution is 7.13. The van der Waals surface area contributed by atoms with Crippen molar-refractivity contribution in [2.24, 2.45) is 0 Å². The number of alkyl halides is 3. The van der Waals surface area contributed by atoms with Gasteiger partial charge in [0.15, 0.2) is 11.4 Å². The molecule has 0 saturated carbocycles. The maximum atomic E-state index is 13.3. The first-order valence-electron chi connectivity index (χ1n) is 11.3. The number of piperazine rings is 1. The third kappa shape index (κ3) is 5.24. The van der Waals surface area contributed by atoms with Gasteiger partial charge in [0, 0.05) is 62.8 Å². The molecular weight excluding hydrogens is 451 g/mol. The van der Waals surface area contributed by atoms with E-state index in [2.05, 4.69) is 25.0 Å². The number of benzene rings is 1. The fourth-order valence-corrected chi connectivity index (χ4v) is 5.80. The van der Waals surface area contributed by atoms with Crippen LogP contribution in [0.15, 0.2) is 35.8 Å². The molecule has 2 aliphatic rings. The van der Waals surface area contributed by atoms with E-state index in [-0.39, 0.29) is 11.6 Å². The highest BCUT2D eigenvalue weighted by atomic mass is 32.1. The van der Waals surface area contributed by atoms with Crippen LogP contribution in [-0.4, -0.2) is 80.1 Å². The van der Waals surface area contributed by atoms with E-state index in [1.54, 1.807) is 23.6 Å². The molecule has 2 fully saturated rings. The van der Waals surface area contributed by atoms with Crippen molar-refractivity contribution in [2.75, 3.05) is 57.8 Å². The Bertz CT molecular complexity index is 907. The average Bonchev–Trinajstić information content (AvgIpc) is 3.36. The molecule has 2 aromatic rings. The number of carbonyl (C=O) groups excluding carboxylic acids is 1. The molecule has 0 radical (unpaired) electrons.